The van der Waals surface area contributed by atoms with Crippen molar-refractivity contribution < 1.29 is 27.2 Å². The minimum Gasteiger partial charge on any atom is -0.662 e. The van der Waals surface area contributed by atoms with Crippen LogP contribution in [-0.4, -0.2) is 36.6 Å². The monoisotopic (exact) mass is 459 g/mol. The molecule has 2 rings (SSSR count). The number of nitrogens with one attached hydrogen (secondary N) is 2. The average Bonchev–Trinajstić information content (AvgIpc) is 2.80. The van der Waals surface area contributed by atoms with Crippen molar-refractivity contribution in [3.63, 3.8) is 0 Å². The van der Waals surface area contributed by atoms with E-state index in [1.165, 1.54) is 52.4 Å². The molecule has 0 amide bonds. The van der Waals surface area contributed by atoms with Gasteiger partial charge in [0.05, 0.1) is 11.4 Å². The molecule has 0 aromatic rings. The van der Waals surface area contributed by atoms with Crippen molar-refractivity contribution in [2.24, 2.45) is 10.4 Å². The van der Waals surface area contributed by atoms with Crippen LogP contribution in [0.1, 0.15) is 66.2 Å². The van der Waals surface area contributed by atoms with Crippen LogP contribution in [0.4, 0.5) is 0 Å². The maximum absolute atomic E-state index is 9.65. The van der Waals surface area contributed by atoms with Gasteiger partial charge in [0.2, 0.25) is 0 Å². The third-order valence-corrected chi connectivity index (χ3v) is 3.96. The summed E-state index contributed by atoms with van der Waals surface area (Å²) in [5, 5.41) is 29.7. The fraction of sp³-hybridized carbons (Fsp3) is 0.778. The standard InChI is InChI=1S/2C5H10N.2C4H8N2O2.Co/c2*1-2-4-6-5-3-1;2*1-3(5-7)4(2)6-8;/h2*1-5H2;2*5,7H,1-2H3;/q2*-1;;;+2/b;;2*4-3-;. The Morgan fingerprint density at radius 1 is 0.655 bits per heavy atom. The molecule has 0 saturated carbocycles. The Hall–Kier alpha value is -1.37. The van der Waals surface area contributed by atoms with E-state index in [1.54, 1.807) is 24.8 Å². The first kappa shape index (κ1) is 32.3. The normalized spacial score (nSPS) is 16.8. The maximum atomic E-state index is 9.65. The summed E-state index contributed by atoms with van der Waals surface area (Å²) in [4.78, 5) is 19.3. The molecule has 2 aliphatic heterocycles. The zero-order valence-corrected chi connectivity index (χ0v) is 18.9. The predicted molar refractivity (Wildman–Crippen MR) is 112 cm³/mol. The van der Waals surface area contributed by atoms with Crippen molar-refractivity contribution in [2.75, 3.05) is 26.2 Å². The van der Waals surface area contributed by atoms with E-state index in [9.17, 15) is 9.81 Å². The van der Waals surface area contributed by atoms with Gasteiger partial charge in [-0.3, -0.25) is 21.4 Å². The Morgan fingerprint density at radius 2 is 0.931 bits per heavy atom. The fourth-order valence-electron chi connectivity index (χ4n) is 1.77. The second-order valence-corrected chi connectivity index (χ2v) is 6.29. The molecule has 0 unspecified atom stereocenters. The minimum absolute atomic E-state index is 0. The smallest absolute Gasteiger partial charge is 0.662 e. The van der Waals surface area contributed by atoms with E-state index in [-0.39, 0.29) is 28.2 Å². The van der Waals surface area contributed by atoms with Gasteiger partial charge in [0.1, 0.15) is 11.4 Å². The predicted octanol–water partition coefficient (Wildman–Crippen LogP) is 5.05. The van der Waals surface area contributed by atoms with Crippen LogP contribution in [-0.2, 0) is 16.8 Å². The number of hydrogen-bond donors (Lipinski definition) is 4. The molecular weight excluding hydrogens is 423 g/mol. The maximum Gasteiger partial charge on any atom is 2.00 e. The van der Waals surface area contributed by atoms with Gasteiger partial charge in [0, 0.05) is 0 Å². The first-order valence-corrected chi connectivity index (χ1v) is 9.52. The Kier molecular flexibility index (Phi) is 27.5. The number of rotatable bonds is 4. The molecule has 2 aliphatic rings. The van der Waals surface area contributed by atoms with Gasteiger partial charge in [-0.1, -0.05) is 38.5 Å². The van der Waals surface area contributed by atoms with Crippen LogP contribution in [0.5, 0.6) is 0 Å². The molecule has 11 heteroatoms. The Balaban J connectivity index is -0.000000309. The molecule has 0 aliphatic carbocycles. The summed E-state index contributed by atoms with van der Waals surface area (Å²) >= 11 is 0. The molecule has 10 nitrogen and oxygen atoms in total. The van der Waals surface area contributed by atoms with E-state index in [0.717, 1.165) is 26.2 Å². The molecule has 0 bridgehead atoms. The minimum atomic E-state index is 0. The number of nitroso groups, excluding NO2 is 2. The van der Waals surface area contributed by atoms with E-state index in [2.05, 4.69) is 21.0 Å². The van der Waals surface area contributed by atoms with Crippen LogP contribution in [0.3, 0.4) is 0 Å². The molecule has 0 aromatic carbocycles. The molecule has 4 N–H and O–H groups in total. The summed E-state index contributed by atoms with van der Waals surface area (Å²) in [7, 11) is 0. The van der Waals surface area contributed by atoms with E-state index >= 15 is 0 Å². The zero-order valence-electron chi connectivity index (χ0n) is 17.9. The van der Waals surface area contributed by atoms with Crippen molar-refractivity contribution in [1.82, 2.24) is 11.0 Å². The summed E-state index contributed by atoms with van der Waals surface area (Å²) in [5.74, 6) is 0. The fourth-order valence-corrected chi connectivity index (χ4v) is 1.77. The van der Waals surface area contributed by atoms with Gasteiger partial charge < -0.3 is 10.6 Å². The first-order chi connectivity index (χ1) is 13.4. The van der Waals surface area contributed by atoms with Gasteiger partial charge in [-0.15, -0.1) is 36.0 Å². The molecule has 0 spiro atoms. The van der Waals surface area contributed by atoms with E-state index in [0.29, 0.717) is 11.4 Å². The summed E-state index contributed by atoms with van der Waals surface area (Å²) < 4.78 is 0. The van der Waals surface area contributed by atoms with Crippen LogP contribution in [0, 0.1) is 9.81 Å². The van der Waals surface area contributed by atoms with E-state index in [1.807, 2.05) is 0 Å². The second kappa shape index (κ2) is 24.7. The number of hydrogen-bond acceptors (Lipinski definition) is 8. The summed E-state index contributed by atoms with van der Waals surface area (Å²) in [6, 6.07) is 0. The van der Waals surface area contributed by atoms with Gasteiger partial charge in [0.25, 0.3) is 0 Å². The van der Waals surface area contributed by atoms with E-state index in [4.69, 9.17) is 10.4 Å². The Morgan fingerprint density at radius 3 is 1.00 bits per heavy atom. The van der Waals surface area contributed by atoms with Crippen molar-refractivity contribution in [1.29, 1.82) is 0 Å². The third-order valence-electron chi connectivity index (χ3n) is 3.96. The Bertz CT molecular complexity index is 402. The number of hydroxylamine groups is 2. The number of nitrogens with zero attached hydrogens (tertiary/aromatic N) is 4. The molecule has 1 radical (unpaired) electrons. The average molecular weight is 459 g/mol. The van der Waals surface area contributed by atoms with Crippen LogP contribution >= 0.6 is 0 Å². The van der Waals surface area contributed by atoms with Crippen LogP contribution in [0.15, 0.2) is 33.1 Å². The van der Waals surface area contributed by atoms with Gasteiger partial charge in [-0.05, 0) is 38.0 Å². The van der Waals surface area contributed by atoms with Gasteiger partial charge >= 0.3 is 16.8 Å². The molecular formula is C18H36CoN6O4. The van der Waals surface area contributed by atoms with Crippen LogP contribution in [0.2, 0.25) is 0 Å². The largest absolute Gasteiger partial charge is 2.00 e. The molecule has 29 heavy (non-hydrogen) atoms. The summed E-state index contributed by atoms with van der Waals surface area (Å²) in [5.41, 5.74) is 4.87. The molecule has 2 saturated heterocycles. The summed E-state index contributed by atoms with van der Waals surface area (Å²) in [6.45, 7) is 10.6. The van der Waals surface area contributed by atoms with Crippen molar-refractivity contribution >= 4 is 0 Å². The number of piperidine rings is 2. The molecule has 171 valence electrons. The molecule has 0 atom stereocenters. The van der Waals surface area contributed by atoms with Crippen LogP contribution < -0.4 is 11.0 Å². The zero-order chi connectivity index (χ0) is 21.6. The number of allylic oxidation sites excluding steroid dienone is 4. The SMILES string of the molecule is C/C(N=O)=C(\C)NO.C/C(N=O)=C(\C)NO.C1CC[N-]CC1.C1CC[N-]CC1.[Co+2]. The van der Waals surface area contributed by atoms with Gasteiger partial charge in [0.15, 0.2) is 0 Å². The van der Waals surface area contributed by atoms with Crippen molar-refractivity contribution in [3.8, 4) is 0 Å². The van der Waals surface area contributed by atoms with Crippen molar-refractivity contribution in [2.45, 2.75) is 66.2 Å². The molecule has 0 aromatic heterocycles. The molecule has 2 fully saturated rings. The topological polar surface area (TPSA) is 152 Å². The quantitative estimate of drug-likeness (QED) is 0.341. The first-order valence-electron chi connectivity index (χ1n) is 9.52. The Labute approximate surface area is 184 Å². The van der Waals surface area contributed by atoms with Crippen molar-refractivity contribution in [3.05, 3.63) is 43.2 Å². The van der Waals surface area contributed by atoms with Crippen LogP contribution in [0.25, 0.3) is 10.6 Å². The van der Waals surface area contributed by atoms with Gasteiger partial charge in [-0.2, -0.15) is 0 Å². The molecule has 2 heterocycles. The van der Waals surface area contributed by atoms with Gasteiger partial charge in [-0.25, -0.2) is 0 Å². The third kappa shape index (κ3) is 22.8. The van der Waals surface area contributed by atoms with E-state index < -0.39 is 0 Å². The second-order valence-electron chi connectivity index (χ2n) is 6.29. The summed E-state index contributed by atoms with van der Waals surface area (Å²) in [6.07, 6.45) is 8.15.